The van der Waals surface area contributed by atoms with Crippen molar-refractivity contribution in [3.8, 4) is 0 Å². The minimum atomic E-state index is -3.22. The van der Waals surface area contributed by atoms with E-state index in [0.29, 0.717) is 4.90 Å². The standard InChI is InChI=1S/C13H13O2S.2CH3.Ni/c1-10(2)16(14,15)13-9-5-7-11-6-3-4-8-12(11)13;;;/h3-5,7-10H,1-2H3;2*1H3;/q3*-1;+3. The molecule has 0 spiro atoms. The smallest absolute Gasteiger partial charge is 0.358 e. The van der Waals surface area contributed by atoms with Gasteiger partial charge < -0.3 is 14.9 Å². The van der Waals surface area contributed by atoms with Crippen LogP contribution in [0.2, 0.25) is 0 Å². The van der Waals surface area contributed by atoms with Gasteiger partial charge in [0.15, 0.2) is 9.84 Å². The van der Waals surface area contributed by atoms with Gasteiger partial charge in [0.1, 0.15) is 0 Å². The van der Waals surface area contributed by atoms with Crippen LogP contribution < -0.4 is 0 Å². The quantitative estimate of drug-likeness (QED) is 0.624. The number of rotatable bonds is 2. The maximum absolute atomic E-state index is 12.1. The fourth-order valence-corrected chi connectivity index (χ4v) is 2.89. The molecule has 0 heterocycles. The van der Waals surface area contributed by atoms with Gasteiger partial charge in [0.05, 0.1) is 5.25 Å². The molecule has 2 rings (SSSR count). The third-order valence-corrected chi connectivity index (χ3v) is 4.80. The summed E-state index contributed by atoms with van der Waals surface area (Å²) in [5.41, 5.74) is 0. The maximum Gasteiger partial charge on any atom is 3.00 e. The van der Waals surface area contributed by atoms with Gasteiger partial charge in [-0.1, -0.05) is 11.5 Å². The Morgan fingerprint density at radius 1 is 1.05 bits per heavy atom. The fraction of sp³-hybridized carbons (Fsp3) is 0.200. The Bertz CT molecular complexity index is 614. The van der Waals surface area contributed by atoms with Crippen LogP contribution in [0.1, 0.15) is 13.8 Å². The Kier molecular flexibility index (Phi) is 8.25. The van der Waals surface area contributed by atoms with Crippen LogP contribution in [0, 0.1) is 20.9 Å². The summed E-state index contributed by atoms with van der Waals surface area (Å²) in [5.74, 6) is 0. The van der Waals surface area contributed by atoms with Crippen LogP contribution in [0.5, 0.6) is 0 Å². The van der Waals surface area contributed by atoms with E-state index in [1.807, 2.05) is 18.2 Å². The molecule has 0 saturated heterocycles. The Hall–Kier alpha value is -0.856. The van der Waals surface area contributed by atoms with Gasteiger partial charge in [-0.15, -0.1) is 41.8 Å². The summed E-state index contributed by atoms with van der Waals surface area (Å²) < 4.78 is 24.3. The number of fused-ring (bicyclic) bond motifs is 1. The van der Waals surface area contributed by atoms with Crippen LogP contribution in [0.25, 0.3) is 10.8 Å². The van der Waals surface area contributed by atoms with Crippen molar-refractivity contribution >= 4 is 20.6 Å². The molecule has 0 aliphatic rings. The first kappa shape index (κ1) is 20.5. The molecule has 2 aromatic carbocycles. The molecule has 0 fully saturated rings. The molecule has 0 aromatic heterocycles. The number of hydrogen-bond acceptors (Lipinski definition) is 2. The summed E-state index contributed by atoms with van der Waals surface area (Å²) in [5, 5.41) is 1.18. The van der Waals surface area contributed by atoms with Gasteiger partial charge >= 0.3 is 16.5 Å². The third kappa shape index (κ3) is 3.81. The van der Waals surface area contributed by atoms with Gasteiger partial charge in [0, 0.05) is 4.90 Å². The summed E-state index contributed by atoms with van der Waals surface area (Å²) in [6, 6.07) is 13.7. The summed E-state index contributed by atoms with van der Waals surface area (Å²) in [6.07, 6.45) is 0. The van der Waals surface area contributed by atoms with E-state index in [4.69, 9.17) is 0 Å². The van der Waals surface area contributed by atoms with Crippen molar-refractivity contribution in [3.63, 3.8) is 0 Å². The van der Waals surface area contributed by atoms with Crippen LogP contribution in [0.4, 0.5) is 0 Å². The molecule has 0 saturated carbocycles. The van der Waals surface area contributed by atoms with Crippen LogP contribution >= 0.6 is 0 Å². The second-order valence-electron chi connectivity index (χ2n) is 3.98. The molecule has 0 aliphatic carbocycles. The predicted molar refractivity (Wildman–Crippen MR) is 77.9 cm³/mol. The molecule has 107 valence electrons. The Morgan fingerprint density at radius 3 is 2.26 bits per heavy atom. The molecule has 0 N–H and O–H groups in total. The topological polar surface area (TPSA) is 34.1 Å². The van der Waals surface area contributed by atoms with Gasteiger partial charge in [-0.05, 0) is 13.8 Å². The first-order chi connectivity index (χ1) is 7.53. The molecule has 19 heavy (non-hydrogen) atoms. The van der Waals surface area contributed by atoms with Crippen molar-refractivity contribution < 1.29 is 24.9 Å². The van der Waals surface area contributed by atoms with E-state index < -0.39 is 15.1 Å². The molecule has 0 aliphatic heterocycles. The molecule has 4 heteroatoms. The van der Waals surface area contributed by atoms with Crippen molar-refractivity contribution in [2.75, 3.05) is 0 Å². The molecule has 2 nitrogen and oxygen atoms in total. The van der Waals surface area contributed by atoms with Crippen LogP contribution in [0.3, 0.4) is 0 Å². The van der Waals surface area contributed by atoms with Gasteiger partial charge in [-0.3, -0.25) is 0 Å². The van der Waals surface area contributed by atoms with E-state index in [1.165, 1.54) is 0 Å². The number of hydrogen-bond donors (Lipinski definition) is 0. The zero-order valence-corrected chi connectivity index (χ0v) is 13.4. The number of benzene rings is 2. The van der Waals surface area contributed by atoms with Crippen molar-refractivity contribution in [1.82, 2.24) is 0 Å². The fourth-order valence-electron chi connectivity index (χ4n) is 1.63. The molecule has 0 bridgehead atoms. The molecule has 0 unspecified atom stereocenters. The molecular formula is C15H19NiO2S. The van der Waals surface area contributed by atoms with Crippen LogP contribution in [0.15, 0.2) is 41.3 Å². The van der Waals surface area contributed by atoms with Gasteiger partial charge in [-0.2, -0.15) is 0 Å². The minimum absolute atomic E-state index is 0. The van der Waals surface area contributed by atoms with Crippen LogP contribution in [-0.4, -0.2) is 13.7 Å². The predicted octanol–water partition coefficient (Wildman–Crippen LogP) is 3.72. The normalized spacial score (nSPS) is 10.3. The molecule has 2 aromatic rings. The Labute approximate surface area is 127 Å². The average molecular weight is 322 g/mol. The second-order valence-corrected chi connectivity index (χ2v) is 6.45. The Balaban J connectivity index is 0. The summed E-state index contributed by atoms with van der Waals surface area (Å²) in [7, 11) is -3.22. The van der Waals surface area contributed by atoms with E-state index in [-0.39, 0.29) is 31.3 Å². The molecule has 0 amide bonds. The monoisotopic (exact) mass is 321 g/mol. The van der Waals surface area contributed by atoms with Crippen molar-refractivity contribution in [3.05, 3.63) is 57.3 Å². The zero-order valence-electron chi connectivity index (χ0n) is 11.6. The van der Waals surface area contributed by atoms with E-state index in [2.05, 4.69) is 6.07 Å². The van der Waals surface area contributed by atoms with Crippen molar-refractivity contribution in [1.29, 1.82) is 0 Å². The molecule has 1 radical (unpaired) electrons. The summed E-state index contributed by atoms with van der Waals surface area (Å²) in [6.45, 7) is 3.39. The first-order valence-electron chi connectivity index (χ1n) is 5.17. The minimum Gasteiger partial charge on any atom is -0.358 e. The van der Waals surface area contributed by atoms with Gasteiger partial charge in [-0.25, -0.2) is 8.42 Å². The van der Waals surface area contributed by atoms with Crippen molar-refractivity contribution in [2.24, 2.45) is 0 Å². The second kappa shape index (κ2) is 7.66. The average Bonchev–Trinajstić information content (AvgIpc) is 2.28. The van der Waals surface area contributed by atoms with Gasteiger partial charge in [0.2, 0.25) is 0 Å². The molecular weight excluding hydrogens is 303 g/mol. The van der Waals surface area contributed by atoms with Crippen molar-refractivity contribution in [2.45, 2.75) is 24.0 Å². The SMILES string of the molecule is CC(C)S(=O)(=O)c1cccc2[c-]cccc12.[CH3-].[CH3-].[Ni+3]. The van der Waals surface area contributed by atoms with Gasteiger partial charge in [0.25, 0.3) is 0 Å². The maximum atomic E-state index is 12.1. The number of sulfone groups is 1. The third-order valence-electron chi connectivity index (χ3n) is 2.59. The largest absolute Gasteiger partial charge is 3.00 e. The Morgan fingerprint density at radius 2 is 1.68 bits per heavy atom. The van der Waals surface area contributed by atoms with E-state index in [9.17, 15) is 8.42 Å². The zero-order chi connectivity index (χ0) is 11.8. The first-order valence-corrected chi connectivity index (χ1v) is 6.71. The van der Waals surface area contributed by atoms with E-state index in [0.717, 1.165) is 10.8 Å². The molecule has 0 atom stereocenters. The summed E-state index contributed by atoms with van der Waals surface area (Å²) in [4.78, 5) is 0.400. The summed E-state index contributed by atoms with van der Waals surface area (Å²) >= 11 is 0. The van der Waals surface area contributed by atoms with Crippen LogP contribution in [-0.2, 0) is 26.3 Å². The van der Waals surface area contributed by atoms with E-state index >= 15 is 0 Å². The van der Waals surface area contributed by atoms with E-state index in [1.54, 1.807) is 32.0 Å².